The predicted molar refractivity (Wildman–Crippen MR) is 70.1 cm³/mol. The van der Waals surface area contributed by atoms with Crippen molar-refractivity contribution in [1.82, 2.24) is 15.1 Å². The van der Waals surface area contributed by atoms with Crippen LogP contribution >= 0.6 is 11.6 Å². The Kier molecular flexibility index (Phi) is 4.17. The Morgan fingerprint density at radius 1 is 1.37 bits per heavy atom. The van der Waals surface area contributed by atoms with E-state index in [4.69, 9.17) is 11.6 Å². The van der Waals surface area contributed by atoms with Crippen molar-refractivity contribution in [3.63, 3.8) is 0 Å². The first-order chi connectivity index (χ1) is 9.02. The Bertz CT molecular complexity index is 583. The summed E-state index contributed by atoms with van der Waals surface area (Å²) >= 11 is 5.56. The van der Waals surface area contributed by atoms with Crippen LogP contribution in [0.4, 0.5) is 8.78 Å². The fourth-order valence-electron chi connectivity index (χ4n) is 1.92. The topological polar surface area (TPSA) is 29.9 Å². The van der Waals surface area contributed by atoms with Gasteiger partial charge in [0.05, 0.1) is 16.8 Å². The minimum absolute atomic E-state index is 0.197. The lowest BCUT2D eigenvalue weighted by molar-refractivity contribution is 0.535. The van der Waals surface area contributed by atoms with Gasteiger partial charge in [-0.05, 0) is 24.7 Å². The van der Waals surface area contributed by atoms with Gasteiger partial charge in [0, 0.05) is 18.8 Å². The Hall–Kier alpha value is -1.46. The van der Waals surface area contributed by atoms with Gasteiger partial charge in [0.15, 0.2) is 0 Å². The van der Waals surface area contributed by atoms with E-state index in [1.165, 1.54) is 0 Å². The maximum atomic E-state index is 14.0. The smallest absolute Gasteiger partial charge is 0.142 e. The van der Waals surface area contributed by atoms with Crippen molar-refractivity contribution in [2.24, 2.45) is 7.05 Å². The zero-order valence-corrected chi connectivity index (χ0v) is 11.4. The first kappa shape index (κ1) is 14.0. The minimum Gasteiger partial charge on any atom is -0.305 e. The summed E-state index contributed by atoms with van der Waals surface area (Å²) in [6, 6.07) is 3.36. The number of aromatic nitrogens is 2. The number of hydrogen-bond donors (Lipinski definition) is 1. The minimum atomic E-state index is -0.642. The molecule has 102 valence electrons. The normalized spacial score (nSPS) is 12.7. The van der Waals surface area contributed by atoms with Gasteiger partial charge < -0.3 is 5.32 Å². The van der Waals surface area contributed by atoms with E-state index < -0.39 is 17.7 Å². The molecule has 0 aliphatic carbocycles. The summed E-state index contributed by atoms with van der Waals surface area (Å²) < 4.78 is 29.1. The van der Waals surface area contributed by atoms with Gasteiger partial charge >= 0.3 is 0 Å². The van der Waals surface area contributed by atoms with E-state index in [0.29, 0.717) is 12.2 Å². The molecule has 0 fully saturated rings. The molecule has 2 rings (SSSR count). The molecule has 0 aliphatic heterocycles. The van der Waals surface area contributed by atoms with Crippen LogP contribution in [-0.2, 0) is 7.05 Å². The van der Waals surface area contributed by atoms with Gasteiger partial charge in [0.25, 0.3) is 0 Å². The molecule has 0 saturated carbocycles. The molecule has 0 aliphatic rings. The van der Waals surface area contributed by atoms with E-state index in [2.05, 4.69) is 10.4 Å². The van der Waals surface area contributed by atoms with Crippen LogP contribution in [-0.4, -0.2) is 16.3 Å². The average Bonchev–Trinajstić information content (AvgIpc) is 2.78. The second kappa shape index (κ2) is 5.67. The second-order valence-corrected chi connectivity index (χ2v) is 4.60. The van der Waals surface area contributed by atoms with Crippen LogP contribution in [0.5, 0.6) is 0 Å². The van der Waals surface area contributed by atoms with Crippen LogP contribution in [0.1, 0.15) is 24.2 Å². The summed E-state index contributed by atoms with van der Waals surface area (Å²) in [4.78, 5) is 0. The Balaban J connectivity index is 2.47. The highest BCUT2D eigenvalue weighted by Crippen LogP contribution is 2.27. The largest absolute Gasteiger partial charge is 0.305 e. The number of hydrogen-bond acceptors (Lipinski definition) is 2. The Morgan fingerprint density at radius 2 is 2.11 bits per heavy atom. The number of nitrogens with zero attached hydrogens (tertiary/aromatic N) is 2. The average molecular weight is 286 g/mol. The number of nitrogens with one attached hydrogen (secondary N) is 1. The summed E-state index contributed by atoms with van der Waals surface area (Å²) in [6.45, 7) is 2.49. The molecule has 1 heterocycles. The standard InChI is InChI=1S/C13H14ClF2N3/c1-3-17-13(12-4-5-19(2)18-12)8-6-11(16)9(14)7-10(8)15/h4-7,13,17H,3H2,1-2H3. The fraction of sp³-hybridized carbons (Fsp3) is 0.308. The number of rotatable bonds is 4. The molecule has 1 unspecified atom stereocenters. The van der Waals surface area contributed by atoms with Gasteiger partial charge in [0.1, 0.15) is 11.6 Å². The van der Waals surface area contributed by atoms with Crippen molar-refractivity contribution in [1.29, 1.82) is 0 Å². The summed E-state index contributed by atoms with van der Waals surface area (Å²) in [5, 5.41) is 7.10. The van der Waals surface area contributed by atoms with Crippen molar-refractivity contribution in [3.05, 3.63) is 52.3 Å². The summed E-state index contributed by atoms with van der Waals surface area (Å²) in [6.07, 6.45) is 1.75. The molecular formula is C13H14ClF2N3. The fourth-order valence-corrected chi connectivity index (χ4v) is 2.07. The van der Waals surface area contributed by atoms with Gasteiger partial charge in [-0.1, -0.05) is 18.5 Å². The third-order valence-corrected chi connectivity index (χ3v) is 3.08. The van der Waals surface area contributed by atoms with Crippen LogP contribution < -0.4 is 5.32 Å². The van der Waals surface area contributed by atoms with Gasteiger partial charge in [-0.25, -0.2) is 8.78 Å². The van der Waals surface area contributed by atoms with Gasteiger partial charge in [-0.3, -0.25) is 4.68 Å². The first-order valence-electron chi connectivity index (χ1n) is 5.90. The summed E-state index contributed by atoms with van der Waals surface area (Å²) in [5.74, 6) is -1.19. The lowest BCUT2D eigenvalue weighted by Gasteiger charge is -2.17. The van der Waals surface area contributed by atoms with E-state index in [1.54, 1.807) is 24.0 Å². The third-order valence-electron chi connectivity index (χ3n) is 2.79. The zero-order valence-electron chi connectivity index (χ0n) is 10.6. The van der Waals surface area contributed by atoms with Crippen LogP contribution in [0.15, 0.2) is 24.4 Å². The van der Waals surface area contributed by atoms with E-state index in [0.717, 1.165) is 12.1 Å². The van der Waals surface area contributed by atoms with Crippen LogP contribution in [0.25, 0.3) is 0 Å². The molecule has 0 spiro atoms. The van der Waals surface area contributed by atoms with E-state index >= 15 is 0 Å². The molecule has 0 amide bonds. The summed E-state index contributed by atoms with van der Waals surface area (Å²) in [5.41, 5.74) is 0.826. The van der Waals surface area contributed by atoms with Gasteiger partial charge in [-0.15, -0.1) is 0 Å². The molecule has 2 aromatic rings. The quantitative estimate of drug-likeness (QED) is 0.875. The van der Waals surface area contributed by atoms with Crippen LogP contribution in [0.3, 0.4) is 0 Å². The van der Waals surface area contributed by atoms with Gasteiger partial charge in [0.2, 0.25) is 0 Å². The molecule has 1 atom stereocenters. The van der Waals surface area contributed by atoms with Gasteiger partial charge in [-0.2, -0.15) is 5.10 Å². The maximum Gasteiger partial charge on any atom is 0.142 e. The number of halogens is 3. The molecule has 19 heavy (non-hydrogen) atoms. The molecule has 1 aromatic carbocycles. The SMILES string of the molecule is CCNC(c1ccn(C)n1)c1cc(F)c(Cl)cc1F. The third kappa shape index (κ3) is 2.93. The molecule has 0 radical (unpaired) electrons. The Morgan fingerprint density at radius 3 is 2.68 bits per heavy atom. The molecule has 0 saturated heterocycles. The molecule has 1 aromatic heterocycles. The molecule has 6 heteroatoms. The number of aryl methyl sites for hydroxylation is 1. The molecular weight excluding hydrogens is 272 g/mol. The summed E-state index contributed by atoms with van der Waals surface area (Å²) in [7, 11) is 1.77. The zero-order chi connectivity index (χ0) is 14.0. The van der Waals surface area contributed by atoms with Crippen molar-refractivity contribution in [2.45, 2.75) is 13.0 Å². The highest BCUT2D eigenvalue weighted by Gasteiger charge is 2.21. The molecule has 0 bridgehead atoms. The monoisotopic (exact) mass is 285 g/mol. The van der Waals surface area contributed by atoms with E-state index in [1.807, 2.05) is 6.92 Å². The van der Waals surface area contributed by atoms with E-state index in [-0.39, 0.29) is 10.6 Å². The van der Waals surface area contributed by atoms with E-state index in [9.17, 15) is 8.78 Å². The van der Waals surface area contributed by atoms with Crippen molar-refractivity contribution < 1.29 is 8.78 Å². The molecule has 1 N–H and O–H groups in total. The Labute approximate surface area is 115 Å². The lowest BCUT2D eigenvalue weighted by atomic mass is 10.0. The highest BCUT2D eigenvalue weighted by molar-refractivity contribution is 6.30. The van der Waals surface area contributed by atoms with Crippen molar-refractivity contribution >= 4 is 11.6 Å². The van der Waals surface area contributed by atoms with Crippen LogP contribution in [0.2, 0.25) is 5.02 Å². The van der Waals surface area contributed by atoms with Crippen molar-refractivity contribution in [2.75, 3.05) is 6.54 Å². The van der Waals surface area contributed by atoms with Crippen molar-refractivity contribution in [3.8, 4) is 0 Å². The highest BCUT2D eigenvalue weighted by atomic mass is 35.5. The maximum absolute atomic E-state index is 14.0. The molecule has 3 nitrogen and oxygen atoms in total. The second-order valence-electron chi connectivity index (χ2n) is 4.19. The first-order valence-corrected chi connectivity index (χ1v) is 6.28. The lowest BCUT2D eigenvalue weighted by Crippen LogP contribution is -2.23. The van der Waals surface area contributed by atoms with Crippen LogP contribution in [0, 0.1) is 11.6 Å². The number of benzene rings is 1. The predicted octanol–water partition coefficient (Wildman–Crippen LogP) is 3.05.